The van der Waals surface area contributed by atoms with E-state index in [0.717, 1.165) is 19.3 Å². The lowest BCUT2D eigenvalue weighted by atomic mass is 9.87. The molecular weight excluding hydrogens is 348 g/mol. The van der Waals surface area contributed by atoms with Crippen molar-refractivity contribution in [1.82, 2.24) is 20.4 Å². The van der Waals surface area contributed by atoms with E-state index in [0.29, 0.717) is 36.7 Å². The molecule has 142 valence electrons. The van der Waals surface area contributed by atoms with Gasteiger partial charge in [0.05, 0.1) is 24.4 Å². The molecule has 0 saturated carbocycles. The molecule has 4 heterocycles. The number of aromatic nitrogens is 2. The van der Waals surface area contributed by atoms with Crippen molar-refractivity contribution in [2.24, 2.45) is 0 Å². The molecule has 0 aromatic carbocycles. The standard InChI is InChI=1S/C19H22N4O4/c1-13-15(11-21-27-13)18(25)23-8-5-19(6-9-23)10-14(12-26-19)22-17(24)16-4-2-3-7-20-16/h2-4,7,11,14H,5-6,8-10,12H2,1H3,(H,22,24)/t14-/m0/s1. The Morgan fingerprint density at radius 1 is 1.30 bits per heavy atom. The van der Waals surface area contributed by atoms with Gasteiger partial charge in [-0.2, -0.15) is 0 Å². The minimum atomic E-state index is -0.275. The van der Waals surface area contributed by atoms with Gasteiger partial charge in [0.1, 0.15) is 17.0 Å². The zero-order valence-electron chi connectivity index (χ0n) is 15.2. The van der Waals surface area contributed by atoms with Crippen LogP contribution in [0.1, 0.15) is 45.9 Å². The molecule has 0 radical (unpaired) electrons. The summed E-state index contributed by atoms with van der Waals surface area (Å²) in [4.78, 5) is 30.7. The molecule has 2 saturated heterocycles. The zero-order chi connectivity index (χ0) is 18.9. The van der Waals surface area contributed by atoms with E-state index in [1.807, 2.05) is 4.90 Å². The van der Waals surface area contributed by atoms with Crippen molar-refractivity contribution >= 4 is 11.8 Å². The average molecular weight is 370 g/mol. The maximum Gasteiger partial charge on any atom is 0.270 e. The van der Waals surface area contributed by atoms with Crippen molar-refractivity contribution in [3.05, 3.63) is 47.6 Å². The molecule has 0 aliphatic carbocycles. The van der Waals surface area contributed by atoms with Crippen LogP contribution in [0.4, 0.5) is 0 Å². The number of aryl methyl sites for hydroxylation is 1. The van der Waals surface area contributed by atoms with Crippen LogP contribution in [0.25, 0.3) is 0 Å². The van der Waals surface area contributed by atoms with Gasteiger partial charge in [-0.25, -0.2) is 0 Å². The quantitative estimate of drug-likeness (QED) is 0.881. The molecule has 0 unspecified atom stereocenters. The lowest BCUT2D eigenvalue weighted by Gasteiger charge is -2.38. The van der Waals surface area contributed by atoms with Gasteiger partial charge in [-0.1, -0.05) is 11.2 Å². The summed E-state index contributed by atoms with van der Waals surface area (Å²) >= 11 is 0. The fourth-order valence-electron chi connectivity index (χ4n) is 3.83. The molecule has 1 atom stereocenters. The highest BCUT2D eigenvalue weighted by Gasteiger charge is 2.44. The Bertz CT molecular complexity index is 827. The molecule has 2 aliphatic heterocycles. The maximum atomic E-state index is 12.6. The minimum Gasteiger partial charge on any atom is -0.373 e. The van der Waals surface area contributed by atoms with E-state index in [4.69, 9.17) is 9.26 Å². The number of hydrogen-bond acceptors (Lipinski definition) is 6. The number of amides is 2. The Kier molecular flexibility index (Phi) is 4.65. The van der Waals surface area contributed by atoms with Gasteiger partial charge in [0.15, 0.2) is 0 Å². The lowest BCUT2D eigenvalue weighted by molar-refractivity contribution is -0.0389. The monoisotopic (exact) mass is 370 g/mol. The summed E-state index contributed by atoms with van der Waals surface area (Å²) in [6.45, 7) is 3.45. The molecule has 0 bridgehead atoms. The van der Waals surface area contributed by atoms with E-state index in [1.165, 1.54) is 6.20 Å². The van der Waals surface area contributed by atoms with E-state index < -0.39 is 0 Å². The lowest BCUT2D eigenvalue weighted by Crippen LogP contribution is -2.47. The van der Waals surface area contributed by atoms with Crippen molar-refractivity contribution in [2.45, 2.75) is 37.8 Å². The number of carbonyl (C=O) groups excluding carboxylic acids is 2. The average Bonchev–Trinajstić information content (AvgIpc) is 3.29. The molecule has 8 heteroatoms. The number of rotatable bonds is 3. The third-order valence-corrected chi connectivity index (χ3v) is 5.38. The molecule has 8 nitrogen and oxygen atoms in total. The number of carbonyl (C=O) groups is 2. The smallest absolute Gasteiger partial charge is 0.270 e. The highest BCUT2D eigenvalue weighted by molar-refractivity contribution is 5.95. The number of piperidine rings is 1. The van der Waals surface area contributed by atoms with Crippen LogP contribution in [-0.2, 0) is 4.74 Å². The van der Waals surface area contributed by atoms with Crippen LogP contribution < -0.4 is 5.32 Å². The van der Waals surface area contributed by atoms with Crippen LogP contribution >= 0.6 is 0 Å². The van der Waals surface area contributed by atoms with Crippen LogP contribution in [-0.4, -0.2) is 58.2 Å². The fourth-order valence-corrected chi connectivity index (χ4v) is 3.83. The molecule has 1 spiro atoms. The van der Waals surface area contributed by atoms with E-state index in [-0.39, 0.29) is 23.5 Å². The topological polar surface area (TPSA) is 97.6 Å². The predicted molar refractivity (Wildman–Crippen MR) is 95.2 cm³/mol. The molecule has 1 N–H and O–H groups in total. The summed E-state index contributed by atoms with van der Waals surface area (Å²) in [7, 11) is 0. The Morgan fingerprint density at radius 2 is 2.11 bits per heavy atom. The van der Waals surface area contributed by atoms with E-state index in [2.05, 4.69) is 15.5 Å². The van der Waals surface area contributed by atoms with Gasteiger partial charge >= 0.3 is 0 Å². The van der Waals surface area contributed by atoms with Gasteiger partial charge in [0, 0.05) is 19.3 Å². The number of likely N-dealkylation sites (tertiary alicyclic amines) is 1. The van der Waals surface area contributed by atoms with Gasteiger partial charge in [0.2, 0.25) is 0 Å². The van der Waals surface area contributed by atoms with Crippen LogP contribution in [0.3, 0.4) is 0 Å². The van der Waals surface area contributed by atoms with Crippen LogP contribution in [0.15, 0.2) is 35.1 Å². The molecular formula is C19H22N4O4. The highest BCUT2D eigenvalue weighted by Crippen LogP contribution is 2.36. The third kappa shape index (κ3) is 3.57. The van der Waals surface area contributed by atoms with E-state index >= 15 is 0 Å². The fraction of sp³-hybridized carbons (Fsp3) is 0.474. The number of nitrogens with zero attached hydrogens (tertiary/aromatic N) is 3. The van der Waals surface area contributed by atoms with Crippen molar-refractivity contribution in [1.29, 1.82) is 0 Å². The second kappa shape index (κ2) is 7.11. The van der Waals surface area contributed by atoms with Crippen LogP contribution in [0.5, 0.6) is 0 Å². The second-order valence-electron chi connectivity index (χ2n) is 7.17. The molecule has 27 heavy (non-hydrogen) atoms. The van der Waals surface area contributed by atoms with Crippen molar-refractivity contribution in [3.8, 4) is 0 Å². The first-order chi connectivity index (χ1) is 13.1. The normalized spacial score (nSPS) is 21.4. The molecule has 2 aromatic heterocycles. The van der Waals surface area contributed by atoms with Gasteiger partial charge in [-0.3, -0.25) is 14.6 Å². The highest BCUT2D eigenvalue weighted by atomic mass is 16.5. The first kappa shape index (κ1) is 17.7. The molecule has 2 fully saturated rings. The summed E-state index contributed by atoms with van der Waals surface area (Å²) in [5.74, 6) is 0.299. The minimum absolute atomic E-state index is 0.0397. The first-order valence-corrected chi connectivity index (χ1v) is 9.13. The van der Waals surface area contributed by atoms with Crippen LogP contribution in [0, 0.1) is 6.92 Å². The molecule has 2 aromatic rings. The summed E-state index contributed by atoms with van der Waals surface area (Å²) in [5.41, 5.74) is 0.643. The Hall–Kier alpha value is -2.74. The predicted octanol–water partition coefficient (Wildman–Crippen LogP) is 1.57. The Morgan fingerprint density at radius 3 is 2.78 bits per heavy atom. The van der Waals surface area contributed by atoms with Gasteiger partial charge in [-0.05, 0) is 38.3 Å². The number of pyridine rings is 1. The second-order valence-corrected chi connectivity index (χ2v) is 7.17. The van der Waals surface area contributed by atoms with Gasteiger partial charge in [-0.15, -0.1) is 0 Å². The van der Waals surface area contributed by atoms with E-state index in [1.54, 1.807) is 31.3 Å². The summed E-state index contributed by atoms with van der Waals surface area (Å²) in [6.07, 6.45) is 5.32. The first-order valence-electron chi connectivity index (χ1n) is 9.13. The largest absolute Gasteiger partial charge is 0.373 e. The van der Waals surface area contributed by atoms with Crippen LogP contribution in [0.2, 0.25) is 0 Å². The summed E-state index contributed by atoms with van der Waals surface area (Å²) in [5, 5.41) is 6.68. The number of ether oxygens (including phenoxy) is 1. The molecule has 2 amide bonds. The third-order valence-electron chi connectivity index (χ3n) is 5.38. The molecule has 2 aliphatic rings. The molecule has 4 rings (SSSR count). The van der Waals surface area contributed by atoms with Crippen molar-refractivity contribution in [3.63, 3.8) is 0 Å². The zero-order valence-corrected chi connectivity index (χ0v) is 15.2. The maximum absolute atomic E-state index is 12.6. The SMILES string of the molecule is Cc1oncc1C(=O)N1CCC2(CC1)C[C@H](NC(=O)c1ccccn1)CO2. The summed E-state index contributed by atoms with van der Waals surface area (Å²) in [6, 6.07) is 5.22. The Balaban J connectivity index is 1.32. The van der Waals surface area contributed by atoms with Crippen molar-refractivity contribution < 1.29 is 18.8 Å². The number of hydrogen-bond donors (Lipinski definition) is 1. The Labute approximate surface area is 156 Å². The summed E-state index contributed by atoms with van der Waals surface area (Å²) < 4.78 is 11.1. The van der Waals surface area contributed by atoms with E-state index in [9.17, 15) is 9.59 Å². The van der Waals surface area contributed by atoms with Gasteiger partial charge in [0.25, 0.3) is 11.8 Å². The van der Waals surface area contributed by atoms with Crippen molar-refractivity contribution in [2.75, 3.05) is 19.7 Å². The number of nitrogens with one attached hydrogen (secondary N) is 1. The van der Waals surface area contributed by atoms with Gasteiger partial charge < -0.3 is 19.5 Å².